The number of rotatable bonds is 8. The molecule has 0 aliphatic carbocycles. The van der Waals surface area contributed by atoms with Gasteiger partial charge in [-0.05, 0) is 30.0 Å². The number of nitrogens with two attached hydrogens (primary N) is 1. The number of thiazole rings is 1. The van der Waals surface area contributed by atoms with E-state index in [1.54, 1.807) is 17.5 Å². The summed E-state index contributed by atoms with van der Waals surface area (Å²) in [5.41, 5.74) is 5.77. The zero-order chi connectivity index (χ0) is 24.2. The third kappa shape index (κ3) is 4.80. The van der Waals surface area contributed by atoms with E-state index < -0.39 is 29.2 Å². The standard InChI is InChI=1S/C19H17N5O7S3/c1-29-23-12(9-7-33-19(20)21-9)14(25)22-13-15(26)24-10(4-6-32-16(13)24)17(27)31-8-34-18(28)11-3-2-5-30-11/h2-5,7,13,16H,6,8H2,1H3,(H2,20,21)(H,22,25)/b23-12-/t13-,16-/m1/s1. The van der Waals surface area contributed by atoms with Gasteiger partial charge >= 0.3 is 5.97 Å². The van der Waals surface area contributed by atoms with Crippen molar-refractivity contribution in [2.45, 2.75) is 11.4 Å². The van der Waals surface area contributed by atoms with E-state index >= 15 is 0 Å². The van der Waals surface area contributed by atoms with Crippen molar-refractivity contribution < 1.29 is 33.2 Å². The van der Waals surface area contributed by atoms with E-state index in [0.29, 0.717) is 5.75 Å². The predicted molar refractivity (Wildman–Crippen MR) is 125 cm³/mol. The molecule has 2 atom stereocenters. The Kier molecular flexibility index (Phi) is 7.23. The second-order valence-electron chi connectivity index (χ2n) is 6.62. The summed E-state index contributed by atoms with van der Waals surface area (Å²) in [5, 5.41) is 7.21. The van der Waals surface area contributed by atoms with Crippen LogP contribution in [0.1, 0.15) is 16.2 Å². The fourth-order valence-electron chi connectivity index (χ4n) is 3.11. The van der Waals surface area contributed by atoms with Gasteiger partial charge in [-0.1, -0.05) is 5.16 Å². The lowest BCUT2D eigenvalue weighted by atomic mass is 10.0. The number of hydrogen-bond acceptors (Lipinski definition) is 13. The smallest absolute Gasteiger partial charge is 0.355 e. The van der Waals surface area contributed by atoms with Gasteiger partial charge in [-0.15, -0.1) is 23.1 Å². The third-order valence-electron chi connectivity index (χ3n) is 4.61. The second-order valence-corrected chi connectivity index (χ2v) is 9.56. The molecule has 2 aromatic heterocycles. The number of nitrogen functional groups attached to an aromatic ring is 1. The Morgan fingerprint density at radius 2 is 2.26 bits per heavy atom. The number of ether oxygens (including phenoxy) is 1. The number of oxime groups is 1. The van der Waals surface area contributed by atoms with E-state index in [9.17, 15) is 19.2 Å². The van der Waals surface area contributed by atoms with Gasteiger partial charge in [0.15, 0.2) is 16.6 Å². The highest BCUT2D eigenvalue weighted by Crippen LogP contribution is 2.38. The minimum Gasteiger partial charge on any atom is -0.460 e. The lowest BCUT2D eigenvalue weighted by Gasteiger charge is -2.48. The number of β-lactam (4-membered cyclic amide) rings is 1. The molecule has 4 heterocycles. The van der Waals surface area contributed by atoms with Crippen LogP contribution < -0.4 is 11.1 Å². The average molecular weight is 524 g/mol. The van der Waals surface area contributed by atoms with E-state index in [1.807, 2.05) is 0 Å². The number of amides is 2. The summed E-state index contributed by atoms with van der Waals surface area (Å²) in [6.45, 7) is 0. The molecule has 34 heavy (non-hydrogen) atoms. The van der Waals surface area contributed by atoms with Gasteiger partial charge in [-0.3, -0.25) is 19.3 Å². The molecule has 15 heteroatoms. The van der Waals surface area contributed by atoms with Gasteiger partial charge in [-0.25, -0.2) is 9.78 Å². The molecule has 0 aromatic carbocycles. The number of nitrogens with one attached hydrogen (secondary N) is 1. The molecule has 12 nitrogen and oxygen atoms in total. The van der Waals surface area contributed by atoms with Crippen LogP contribution in [0.4, 0.5) is 5.13 Å². The first-order valence-corrected chi connectivity index (χ1v) is 12.5. The van der Waals surface area contributed by atoms with Gasteiger partial charge < -0.3 is 25.0 Å². The van der Waals surface area contributed by atoms with Crippen LogP contribution >= 0.6 is 34.9 Å². The number of carbonyl (C=O) groups excluding carboxylic acids is 4. The second kappa shape index (κ2) is 10.3. The topological polar surface area (TPSA) is 166 Å². The number of carbonyl (C=O) groups is 4. The van der Waals surface area contributed by atoms with Crippen LogP contribution in [0.15, 0.2) is 45.1 Å². The van der Waals surface area contributed by atoms with Crippen molar-refractivity contribution in [2.24, 2.45) is 5.16 Å². The van der Waals surface area contributed by atoms with E-state index in [-0.39, 0.29) is 39.0 Å². The van der Waals surface area contributed by atoms with Crippen molar-refractivity contribution in [3.8, 4) is 0 Å². The number of hydrogen-bond donors (Lipinski definition) is 2. The fourth-order valence-corrected chi connectivity index (χ4v) is 5.38. The molecule has 2 aromatic rings. The first-order chi connectivity index (χ1) is 16.4. The summed E-state index contributed by atoms with van der Waals surface area (Å²) in [7, 11) is 1.28. The largest absolute Gasteiger partial charge is 0.460 e. The van der Waals surface area contributed by atoms with Gasteiger partial charge in [0.1, 0.15) is 35.9 Å². The summed E-state index contributed by atoms with van der Waals surface area (Å²) >= 11 is 3.25. The highest BCUT2D eigenvalue weighted by molar-refractivity contribution is 8.14. The van der Waals surface area contributed by atoms with E-state index in [0.717, 1.165) is 23.1 Å². The Morgan fingerprint density at radius 3 is 2.94 bits per heavy atom. The van der Waals surface area contributed by atoms with Crippen LogP contribution in [0.2, 0.25) is 0 Å². The van der Waals surface area contributed by atoms with E-state index in [4.69, 9.17) is 19.7 Å². The zero-order valence-corrected chi connectivity index (χ0v) is 19.9. The van der Waals surface area contributed by atoms with Crippen molar-refractivity contribution >= 4 is 68.6 Å². The molecular weight excluding hydrogens is 506 g/mol. The van der Waals surface area contributed by atoms with E-state index in [2.05, 4.69) is 15.5 Å². The van der Waals surface area contributed by atoms with Crippen LogP contribution in [0.5, 0.6) is 0 Å². The molecule has 0 spiro atoms. The maximum Gasteiger partial charge on any atom is 0.355 e. The van der Waals surface area contributed by atoms with Crippen molar-refractivity contribution in [3.05, 3.63) is 47.0 Å². The Hall–Kier alpha value is -3.30. The molecule has 2 aliphatic rings. The Bertz CT molecular complexity index is 1180. The van der Waals surface area contributed by atoms with Crippen LogP contribution in [0.25, 0.3) is 0 Å². The van der Waals surface area contributed by atoms with Gasteiger partial charge in [0.05, 0.1) is 6.26 Å². The number of thioether (sulfide) groups is 2. The number of fused-ring (bicyclic) bond motifs is 1. The van der Waals surface area contributed by atoms with Crippen LogP contribution in [0, 0.1) is 0 Å². The van der Waals surface area contributed by atoms with Crippen LogP contribution in [0.3, 0.4) is 0 Å². The lowest BCUT2D eigenvalue weighted by molar-refractivity contribution is -0.151. The molecule has 0 bridgehead atoms. The summed E-state index contributed by atoms with van der Waals surface area (Å²) < 4.78 is 10.1. The number of anilines is 1. The molecule has 2 aliphatic heterocycles. The highest BCUT2D eigenvalue weighted by Gasteiger charge is 2.53. The van der Waals surface area contributed by atoms with Gasteiger partial charge in [0.25, 0.3) is 16.9 Å². The average Bonchev–Trinajstić information content (AvgIpc) is 3.52. The maximum absolute atomic E-state index is 12.8. The molecule has 4 rings (SSSR count). The van der Waals surface area contributed by atoms with Crippen molar-refractivity contribution in [2.75, 3.05) is 24.5 Å². The SMILES string of the molecule is CO/N=C(\C(=O)N[C@@H]1C(=O)N2C(C(=O)OCSC(=O)c3ccco3)=CCS[C@H]12)c1csc(N)n1. The monoisotopic (exact) mass is 523 g/mol. The summed E-state index contributed by atoms with van der Waals surface area (Å²) in [4.78, 5) is 60.0. The molecule has 178 valence electrons. The van der Waals surface area contributed by atoms with Crippen LogP contribution in [-0.2, 0) is 24.0 Å². The number of aromatic nitrogens is 1. The van der Waals surface area contributed by atoms with Crippen LogP contribution in [-0.4, -0.2) is 68.7 Å². The highest BCUT2D eigenvalue weighted by atomic mass is 32.2. The normalized spacial score (nSPS) is 19.6. The molecular formula is C19H17N5O7S3. The zero-order valence-electron chi connectivity index (χ0n) is 17.5. The van der Waals surface area contributed by atoms with Gasteiger partial charge in [0.2, 0.25) is 0 Å². The van der Waals surface area contributed by atoms with Crippen molar-refractivity contribution in [1.29, 1.82) is 0 Å². The first-order valence-electron chi connectivity index (χ1n) is 9.56. The first kappa shape index (κ1) is 23.8. The minimum absolute atomic E-state index is 0.0587. The third-order valence-corrected chi connectivity index (χ3v) is 7.16. The molecule has 3 N–H and O–H groups in total. The molecule has 0 unspecified atom stereocenters. The quantitative estimate of drug-likeness (QED) is 0.167. The molecule has 0 radical (unpaired) electrons. The Morgan fingerprint density at radius 1 is 1.44 bits per heavy atom. The Labute approximate surface area is 204 Å². The summed E-state index contributed by atoms with van der Waals surface area (Å²) in [5.74, 6) is -1.58. The number of esters is 1. The molecule has 0 saturated carbocycles. The number of nitrogens with zero attached hydrogens (tertiary/aromatic N) is 3. The predicted octanol–water partition coefficient (Wildman–Crippen LogP) is 1.03. The maximum atomic E-state index is 12.8. The van der Waals surface area contributed by atoms with Gasteiger partial charge in [0, 0.05) is 11.1 Å². The minimum atomic E-state index is -0.887. The molecule has 1 saturated heterocycles. The van der Waals surface area contributed by atoms with Crippen molar-refractivity contribution in [1.82, 2.24) is 15.2 Å². The molecule has 2 amide bonds. The molecule has 1 fully saturated rings. The van der Waals surface area contributed by atoms with Crippen molar-refractivity contribution in [3.63, 3.8) is 0 Å². The lowest BCUT2D eigenvalue weighted by Crippen LogP contribution is -2.70. The number of furan rings is 1. The Balaban J connectivity index is 1.35. The van der Waals surface area contributed by atoms with Gasteiger partial charge in [-0.2, -0.15) is 0 Å². The fraction of sp³-hybridized carbons (Fsp3) is 0.263. The van der Waals surface area contributed by atoms with E-state index in [1.165, 1.54) is 36.1 Å². The summed E-state index contributed by atoms with van der Waals surface area (Å²) in [6.07, 6.45) is 2.93. The summed E-state index contributed by atoms with van der Waals surface area (Å²) in [6, 6.07) is 2.19.